The summed E-state index contributed by atoms with van der Waals surface area (Å²) in [7, 11) is 10.2. The minimum Gasteiger partial charge on any atom is -0.507 e. The van der Waals surface area contributed by atoms with Gasteiger partial charge >= 0.3 is 17.7 Å². The molecule has 7 aliphatic rings. The van der Waals surface area contributed by atoms with Crippen LogP contribution in [0, 0.1) is 54.3 Å². The lowest BCUT2D eigenvalue weighted by Crippen LogP contribution is -2.61. The number of rotatable bonds is 21. The number of esters is 2. The zero-order chi connectivity index (χ0) is 94.2. The summed E-state index contributed by atoms with van der Waals surface area (Å²) in [5.41, 5.74) is -4.59. The van der Waals surface area contributed by atoms with Gasteiger partial charge in [0.15, 0.2) is 18.3 Å². The number of phenolic OH excluding ortho intramolecular Hbond substituents is 3. The third-order valence-electron chi connectivity index (χ3n) is 26.5. The molecule has 29 atom stereocenters. The number of hydrogen-bond donors (Lipinski definition) is 14. The molecule has 7 aliphatic heterocycles. The number of anilines is 1. The van der Waals surface area contributed by atoms with E-state index in [1.54, 1.807) is 93.3 Å². The summed E-state index contributed by atoms with van der Waals surface area (Å²) in [6, 6.07) is 0.117. The van der Waals surface area contributed by atoms with E-state index in [0.717, 1.165) is 39.0 Å². The second-order valence-electron chi connectivity index (χ2n) is 36.2. The number of aliphatic hydroxyl groups excluding tert-OH is 7. The number of fused-ring (bicyclic) bond motifs is 14. The summed E-state index contributed by atoms with van der Waals surface area (Å²) in [5.74, 6) is -12.8. The highest BCUT2D eigenvalue weighted by Crippen LogP contribution is 2.56. The highest BCUT2D eigenvalue weighted by Gasteiger charge is 2.56. The number of carbonyl (C=O) groups excluding carboxylic acids is 5. The number of cyclic esters (lactones) is 1. The first kappa shape index (κ1) is 107. The number of piperazine rings is 1. The van der Waals surface area contributed by atoms with Crippen molar-refractivity contribution in [2.24, 2.45) is 52.4 Å². The summed E-state index contributed by atoms with van der Waals surface area (Å²) < 4.78 is 67.5. The Morgan fingerprint density at radius 3 is 1.87 bits per heavy atom. The quantitative estimate of drug-likeness (QED) is 0.0209. The van der Waals surface area contributed by atoms with Gasteiger partial charge in [0.05, 0.1) is 114 Å². The number of hydrazone groups is 1. The van der Waals surface area contributed by atoms with Crippen LogP contribution in [0.15, 0.2) is 41.2 Å². The van der Waals surface area contributed by atoms with E-state index in [-0.39, 0.29) is 107 Å². The fraction of sp³-hybridized carbons (Fsp3) is 0.758. The Kier molecular flexibility index (Phi) is 40.1. The fourth-order valence-electron chi connectivity index (χ4n) is 17.7. The lowest BCUT2D eigenvalue weighted by atomic mass is 9.74. The minimum atomic E-state index is -2.04. The molecule has 2 aromatic carbocycles. The molecule has 14 N–H and O–H groups in total. The first-order chi connectivity index (χ1) is 58.5. The fourth-order valence-corrected chi connectivity index (χ4v) is 17.7. The van der Waals surface area contributed by atoms with Gasteiger partial charge in [0.25, 0.3) is 11.7 Å². The molecule has 0 spiro atoms. The van der Waals surface area contributed by atoms with Gasteiger partial charge in [-0.1, -0.05) is 87.5 Å². The maximum atomic E-state index is 14.4. The van der Waals surface area contributed by atoms with Crippen LogP contribution in [-0.4, -0.2) is 328 Å². The number of phenols is 3. The molecule has 2 aromatic rings. The molecule has 125 heavy (non-hydrogen) atoms. The van der Waals surface area contributed by atoms with Gasteiger partial charge in [-0.15, -0.1) is 0 Å². The monoisotopic (exact) mass is 1770 g/mol. The first-order valence-electron chi connectivity index (χ1n) is 44.1. The Bertz CT molecular complexity index is 3970. The molecule has 712 valence electrons. The summed E-state index contributed by atoms with van der Waals surface area (Å²) in [5, 5.41) is 137. The first-order valence-corrected chi connectivity index (χ1v) is 44.1. The van der Waals surface area contributed by atoms with Gasteiger partial charge in [-0.05, 0) is 115 Å². The molecular formula is C91H151N7O27. The number of hydrogen-bond acceptors (Lipinski definition) is 33. The topological polar surface area (TPSA) is 468 Å². The van der Waals surface area contributed by atoms with E-state index in [9.17, 15) is 69.9 Å². The number of likely N-dealkylation sites (N-methyl/N-ethyl adjacent to an activating group) is 2. The maximum absolute atomic E-state index is 14.4. The predicted octanol–water partition coefficient (Wildman–Crippen LogP) is 6.48. The summed E-state index contributed by atoms with van der Waals surface area (Å²) in [6.07, 6.45) is -1.99. The Morgan fingerprint density at radius 1 is 0.728 bits per heavy atom. The molecule has 0 aliphatic carbocycles. The second kappa shape index (κ2) is 46.8. The number of methoxy groups -OCH3 is 3. The van der Waals surface area contributed by atoms with Crippen LogP contribution in [0.2, 0.25) is 0 Å². The van der Waals surface area contributed by atoms with Crippen molar-refractivity contribution in [3.05, 3.63) is 52.8 Å². The van der Waals surface area contributed by atoms with E-state index < -0.39 is 191 Å². The minimum absolute atomic E-state index is 0.0559. The molecular weight excluding hydrogens is 1620 g/mol. The zero-order valence-corrected chi connectivity index (χ0v) is 78.5. The largest absolute Gasteiger partial charge is 0.507 e. The van der Waals surface area contributed by atoms with E-state index in [1.165, 1.54) is 80.6 Å². The molecule has 7 heterocycles. The van der Waals surface area contributed by atoms with Crippen LogP contribution >= 0.6 is 0 Å². The van der Waals surface area contributed by atoms with Crippen LogP contribution < -0.4 is 20.7 Å². The Balaban J connectivity index is 0.000000336. The van der Waals surface area contributed by atoms with Crippen molar-refractivity contribution >= 4 is 52.1 Å². The average Bonchev–Trinajstić information content (AvgIpc) is 1.62. The molecule has 4 fully saturated rings. The zero-order valence-electron chi connectivity index (χ0n) is 78.5. The van der Waals surface area contributed by atoms with Gasteiger partial charge < -0.3 is 134 Å². The standard InChI is InChI=1S/C43H58N4O12.C38H69NO13.C10H24N2O2/c1-21-12-11-13-22(2)42(55)45-33-28(20-44-47-17-15-46(9)16-18-47)37(52)30-31(38(33)53)36(51)26(6)40-32(30)41(54)43(8,59-40)57-19-14-29(56-10)23(3)39(58-27(7)48)25(5)35(50)24(4)34(21)49;1-15-26-38(10,45)31(42)21(4)28(40)19(2)17-37(9,47-14)33(52-35-29(41)25(39(11)12)16-20(3)48-35)22(5)30(23(6)34(44)50-26)51-27-18-36(8,46-13)32(43)24(7)49-27;1-3-9(7-13)11-5-6-12-10(4-2)8-14/h11-14,19-21,23-25,29,34-35,39,49-53H,15-18H2,1-10H3,(H,45,55);19-27,29-33,35,41-43,45H,15-18H2,1-14H3;9-14H,3-8H2,1-2H3/b12-11+,19-14+,22-13-,44-20-;;/t21-,23+,24+,25+,29-,34-,35+,39+,43-;19-,20-,21+,22+,23-,24+,25+,26-,27+,29-,30+,31-,32+,33-,35+,36-,37-,38-;9-,10-/m010/s1. The molecule has 5 bridgehead atoms. The number of allylic oxidation sites excluding steroid dienone is 2. The van der Waals surface area contributed by atoms with Crippen LogP contribution in [0.5, 0.6) is 23.0 Å². The molecule has 0 aromatic heterocycles. The predicted molar refractivity (Wildman–Crippen MR) is 470 cm³/mol. The number of aromatic hydroxyl groups is 3. The van der Waals surface area contributed by atoms with Crippen molar-refractivity contribution in [2.75, 3.05) is 100 Å². The number of aliphatic hydroxyl groups is 8. The van der Waals surface area contributed by atoms with Gasteiger partial charge in [0.1, 0.15) is 53.0 Å². The Labute approximate surface area is 738 Å². The molecule has 34 heteroatoms. The normalized spacial score (nSPS) is 37.3. The van der Waals surface area contributed by atoms with E-state index in [0.29, 0.717) is 19.5 Å². The smallest absolute Gasteiger partial charge is 0.312 e. The van der Waals surface area contributed by atoms with Crippen molar-refractivity contribution < 1.29 is 132 Å². The molecule has 0 radical (unpaired) electrons. The van der Waals surface area contributed by atoms with Crippen LogP contribution in [0.25, 0.3) is 10.8 Å². The molecule has 4 saturated heterocycles. The summed E-state index contributed by atoms with van der Waals surface area (Å²) in [4.78, 5) is 72.7. The van der Waals surface area contributed by atoms with Gasteiger partial charge in [0.2, 0.25) is 0 Å². The number of nitrogens with zero attached hydrogens (tertiary/aromatic N) is 4. The van der Waals surface area contributed by atoms with Crippen molar-refractivity contribution in [1.29, 1.82) is 0 Å². The molecule has 0 saturated carbocycles. The van der Waals surface area contributed by atoms with Gasteiger partial charge in [0, 0.05) is 157 Å². The molecule has 0 unspecified atom stereocenters. The van der Waals surface area contributed by atoms with Crippen LogP contribution in [-0.2, 0) is 66.5 Å². The number of amides is 1. The average molecular weight is 1780 g/mol. The second-order valence-corrected chi connectivity index (χ2v) is 36.2. The van der Waals surface area contributed by atoms with Crippen molar-refractivity contribution in [3.63, 3.8) is 0 Å². The number of ketones is 2. The van der Waals surface area contributed by atoms with Crippen molar-refractivity contribution in [1.82, 2.24) is 25.4 Å². The Hall–Kier alpha value is -6.62. The lowest BCUT2D eigenvalue weighted by molar-refractivity contribution is -0.319. The number of ether oxygens (including phenoxy) is 11. The van der Waals surface area contributed by atoms with Crippen molar-refractivity contribution in [2.45, 2.75) is 304 Å². The summed E-state index contributed by atoms with van der Waals surface area (Å²) in [6.45, 7) is 38.3. The number of nitrogens with one attached hydrogen (secondary N) is 3. The summed E-state index contributed by atoms with van der Waals surface area (Å²) >= 11 is 0. The third kappa shape index (κ3) is 25.5. The lowest BCUT2D eigenvalue weighted by Gasteiger charge is -2.50. The van der Waals surface area contributed by atoms with Crippen LogP contribution in [0.1, 0.15) is 192 Å². The van der Waals surface area contributed by atoms with Crippen LogP contribution in [0.4, 0.5) is 5.69 Å². The number of benzene rings is 2. The molecule has 1 amide bonds. The SMILES string of the molecule is CC[C@@H](CO)NCCN[C@@H](CC)CO.CC[C@H]1OC(=O)[C@H](C)[C@@H](O[C@H]2C[C@@](C)(OC)[C@@H](O)[C@H](C)O2)[C@H](C)[C@@H](O[C@@H]2O[C@H](C)C[C@H](N(C)C)[C@H]2O)[C@](C)(OC)C[C@@H](C)C(=O)[C@H](C)[C@@H](O)[C@]1(C)O.CO[C@H]1/C=C/O[C@@]2(C)Oc3c(C)c(O)c4c(O)c(c(/C=N\N5CCN(C)CC5)c(O)c4c3C2=O)NC(=O)/C(C)=C\C=C\[C@H](C)[C@H](O)[C@@H](C)[C@@H](O)[C@@H](C)[C@H](OC(C)=O)[C@@H]1C. The van der Waals surface area contributed by atoms with Crippen molar-refractivity contribution in [3.8, 4) is 23.0 Å². The van der Waals surface area contributed by atoms with Gasteiger partial charge in [-0.3, -0.25) is 29.0 Å². The maximum Gasteiger partial charge on any atom is 0.312 e. The van der Waals surface area contributed by atoms with Gasteiger partial charge in [-0.2, -0.15) is 5.10 Å². The van der Waals surface area contributed by atoms with E-state index in [4.69, 9.17) is 62.3 Å². The molecule has 9 rings (SSSR count). The highest BCUT2D eigenvalue weighted by atomic mass is 16.7. The Morgan fingerprint density at radius 2 is 1.33 bits per heavy atom. The van der Waals surface area contributed by atoms with Crippen LogP contribution in [0.3, 0.4) is 0 Å². The van der Waals surface area contributed by atoms with E-state index in [2.05, 4.69) is 26.0 Å². The number of carbonyl (C=O) groups is 5. The third-order valence-corrected chi connectivity index (χ3v) is 26.5. The van der Waals surface area contributed by atoms with E-state index in [1.807, 2.05) is 53.7 Å². The van der Waals surface area contributed by atoms with Gasteiger partial charge in [-0.25, -0.2) is 0 Å². The number of Topliss-reactive ketones (excluding diaryl/α,β-unsaturated/α-hetero) is 2. The van der Waals surface area contributed by atoms with E-state index >= 15 is 0 Å². The highest BCUT2D eigenvalue weighted by molar-refractivity contribution is 6.24. The molecule has 34 nitrogen and oxygen atoms in total.